The molecule has 80 valence electrons. The highest BCUT2D eigenvalue weighted by atomic mass is 79.9. The highest BCUT2D eigenvalue weighted by Crippen LogP contribution is 2.23. The number of hydrogen-bond acceptors (Lipinski definition) is 3. The van der Waals surface area contributed by atoms with Crippen molar-refractivity contribution >= 4 is 21.6 Å². The maximum absolute atomic E-state index is 9.02. The third-order valence-corrected chi connectivity index (χ3v) is 2.81. The number of anilines is 1. The molecule has 1 aromatic heterocycles. The molecule has 0 unspecified atom stereocenters. The molecule has 0 aliphatic carbocycles. The fourth-order valence-corrected chi connectivity index (χ4v) is 1.81. The topological polar surface area (TPSA) is 64.5 Å². The molecule has 0 aliphatic heterocycles. The molecule has 0 amide bonds. The molecule has 16 heavy (non-hydrogen) atoms. The van der Waals surface area contributed by atoms with Crippen LogP contribution in [-0.2, 0) is 6.54 Å². The smallest absolute Gasteiger partial charge is 0.103 e. The Bertz CT molecular complexity index is 513. The number of nitrogens with zero attached hydrogens (tertiary/aromatic N) is 2. The Morgan fingerprint density at radius 3 is 3.06 bits per heavy atom. The van der Waals surface area contributed by atoms with Crippen molar-refractivity contribution in [1.82, 2.24) is 9.97 Å². The van der Waals surface area contributed by atoms with E-state index in [-0.39, 0.29) is 0 Å². The fraction of sp³-hybridized carbons (Fsp3) is 0.0909. The summed E-state index contributed by atoms with van der Waals surface area (Å²) in [7, 11) is 0. The number of nitrogens with one attached hydrogen (secondary N) is 2. The number of benzene rings is 1. The zero-order valence-electron chi connectivity index (χ0n) is 8.37. The van der Waals surface area contributed by atoms with E-state index < -0.39 is 0 Å². The second-order valence-electron chi connectivity index (χ2n) is 3.20. The first-order valence-electron chi connectivity index (χ1n) is 4.71. The molecule has 0 fully saturated rings. The standard InChI is InChI=1S/C11H9BrN4/c12-10-2-1-3-11(9(10)4-13)15-6-8-5-14-7-16-8/h1-3,5,7,15H,6H2,(H,14,16). The van der Waals surface area contributed by atoms with Crippen LogP contribution in [0.15, 0.2) is 35.2 Å². The van der Waals surface area contributed by atoms with Gasteiger partial charge in [0.25, 0.3) is 0 Å². The zero-order valence-corrected chi connectivity index (χ0v) is 9.95. The van der Waals surface area contributed by atoms with E-state index >= 15 is 0 Å². The third-order valence-electron chi connectivity index (χ3n) is 2.15. The lowest BCUT2D eigenvalue weighted by atomic mass is 10.2. The Morgan fingerprint density at radius 1 is 1.50 bits per heavy atom. The molecule has 1 aromatic carbocycles. The number of H-pyrrole nitrogens is 1. The molecule has 0 saturated heterocycles. The summed E-state index contributed by atoms with van der Waals surface area (Å²) < 4.78 is 0.796. The number of nitriles is 1. The van der Waals surface area contributed by atoms with Crippen molar-refractivity contribution in [2.24, 2.45) is 0 Å². The van der Waals surface area contributed by atoms with E-state index in [1.54, 1.807) is 12.5 Å². The molecule has 4 nitrogen and oxygen atoms in total. The first-order valence-corrected chi connectivity index (χ1v) is 5.50. The lowest BCUT2D eigenvalue weighted by Crippen LogP contribution is -2.01. The first-order chi connectivity index (χ1) is 7.81. The van der Waals surface area contributed by atoms with Crippen molar-refractivity contribution in [2.45, 2.75) is 6.54 Å². The zero-order chi connectivity index (χ0) is 11.4. The monoisotopic (exact) mass is 276 g/mol. The maximum Gasteiger partial charge on any atom is 0.103 e. The Hall–Kier alpha value is -1.80. The summed E-state index contributed by atoms with van der Waals surface area (Å²) in [5.74, 6) is 0. The van der Waals surface area contributed by atoms with E-state index in [1.807, 2.05) is 18.2 Å². The minimum Gasteiger partial charge on any atom is -0.378 e. The SMILES string of the molecule is N#Cc1c(Br)cccc1NCc1cnc[nH]1. The average Bonchev–Trinajstić information content (AvgIpc) is 2.79. The molecule has 5 heteroatoms. The van der Waals surface area contributed by atoms with Gasteiger partial charge in [0.05, 0.1) is 29.8 Å². The van der Waals surface area contributed by atoms with Crippen LogP contribution >= 0.6 is 15.9 Å². The van der Waals surface area contributed by atoms with Crippen LogP contribution in [0.2, 0.25) is 0 Å². The van der Waals surface area contributed by atoms with E-state index in [0.29, 0.717) is 12.1 Å². The number of aromatic amines is 1. The van der Waals surface area contributed by atoms with Gasteiger partial charge in [-0.1, -0.05) is 6.07 Å². The van der Waals surface area contributed by atoms with Gasteiger partial charge in [0.2, 0.25) is 0 Å². The Balaban J connectivity index is 2.16. The molecule has 0 aliphatic rings. The molecule has 0 radical (unpaired) electrons. The molecule has 0 saturated carbocycles. The number of rotatable bonds is 3. The molecule has 2 aromatic rings. The third kappa shape index (κ3) is 2.23. The van der Waals surface area contributed by atoms with E-state index in [4.69, 9.17) is 5.26 Å². The molecule has 0 spiro atoms. The van der Waals surface area contributed by atoms with E-state index in [9.17, 15) is 0 Å². The van der Waals surface area contributed by atoms with Crippen LogP contribution in [0.1, 0.15) is 11.3 Å². The minimum absolute atomic E-state index is 0.613. The van der Waals surface area contributed by atoms with Crippen molar-refractivity contribution in [2.75, 3.05) is 5.32 Å². The van der Waals surface area contributed by atoms with Crippen LogP contribution in [0.3, 0.4) is 0 Å². The molecular formula is C11H9BrN4. The van der Waals surface area contributed by atoms with Crippen LogP contribution in [-0.4, -0.2) is 9.97 Å². The van der Waals surface area contributed by atoms with Gasteiger partial charge < -0.3 is 10.3 Å². The van der Waals surface area contributed by atoms with Crippen LogP contribution < -0.4 is 5.32 Å². The quantitative estimate of drug-likeness (QED) is 0.906. The number of halogens is 1. The van der Waals surface area contributed by atoms with Gasteiger partial charge in [-0.2, -0.15) is 5.26 Å². The fourth-order valence-electron chi connectivity index (χ4n) is 1.36. The molecular weight excluding hydrogens is 268 g/mol. The van der Waals surface area contributed by atoms with Gasteiger partial charge >= 0.3 is 0 Å². The maximum atomic E-state index is 9.02. The molecule has 2 rings (SSSR count). The van der Waals surface area contributed by atoms with Gasteiger partial charge in [0, 0.05) is 10.7 Å². The second-order valence-corrected chi connectivity index (χ2v) is 4.06. The highest BCUT2D eigenvalue weighted by molar-refractivity contribution is 9.10. The molecule has 1 heterocycles. The normalized spacial score (nSPS) is 9.75. The summed E-state index contributed by atoms with van der Waals surface area (Å²) in [4.78, 5) is 6.92. The average molecular weight is 277 g/mol. The van der Waals surface area contributed by atoms with E-state index in [0.717, 1.165) is 15.9 Å². The van der Waals surface area contributed by atoms with Crippen molar-refractivity contribution in [3.63, 3.8) is 0 Å². The van der Waals surface area contributed by atoms with Crippen molar-refractivity contribution in [1.29, 1.82) is 5.26 Å². The second kappa shape index (κ2) is 4.81. The number of hydrogen-bond donors (Lipinski definition) is 2. The van der Waals surface area contributed by atoms with Gasteiger partial charge in [-0.3, -0.25) is 0 Å². The van der Waals surface area contributed by atoms with Crippen LogP contribution in [0.5, 0.6) is 0 Å². The Labute approximate surface area is 101 Å². The number of imidazole rings is 1. The first kappa shape index (κ1) is 10.7. The molecule has 2 N–H and O–H groups in total. The highest BCUT2D eigenvalue weighted by Gasteiger charge is 2.05. The summed E-state index contributed by atoms with van der Waals surface area (Å²) in [6, 6.07) is 7.77. The van der Waals surface area contributed by atoms with Crippen molar-refractivity contribution in [3.8, 4) is 6.07 Å². The Kier molecular flexibility index (Phi) is 3.22. The summed E-state index contributed by atoms with van der Waals surface area (Å²) in [5, 5.41) is 12.2. The number of aromatic nitrogens is 2. The predicted octanol–water partition coefficient (Wildman–Crippen LogP) is 2.66. The van der Waals surface area contributed by atoms with Gasteiger partial charge in [0.1, 0.15) is 6.07 Å². The van der Waals surface area contributed by atoms with Crippen LogP contribution in [0.4, 0.5) is 5.69 Å². The Morgan fingerprint density at radius 2 is 2.38 bits per heavy atom. The minimum atomic E-state index is 0.613. The van der Waals surface area contributed by atoms with Gasteiger partial charge in [-0.25, -0.2) is 4.98 Å². The van der Waals surface area contributed by atoms with E-state index in [2.05, 4.69) is 37.3 Å². The van der Waals surface area contributed by atoms with Gasteiger partial charge in [-0.15, -0.1) is 0 Å². The lowest BCUT2D eigenvalue weighted by molar-refractivity contribution is 1.07. The van der Waals surface area contributed by atoms with Crippen LogP contribution in [0, 0.1) is 11.3 Å². The lowest BCUT2D eigenvalue weighted by Gasteiger charge is -2.07. The summed E-state index contributed by atoms with van der Waals surface area (Å²) in [5.41, 5.74) is 2.40. The van der Waals surface area contributed by atoms with Gasteiger partial charge in [0.15, 0.2) is 0 Å². The van der Waals surface area contributed by atoms with E-state index in [1.165, 1.54) is 0 Å². The predicted molar refractivity (Wildman–Crippen MR) is 64.8 cm³/mol. The van der Waals surface area contributed by atoms with Gasteiger partial charge in [-0.05, 0) is 28.1 Å². The van der Waals surface area contributed by atoms with Crippen molar-refractivity contribution in [3.05, 3.63) is 46.5 Å². The molecule has 0 atom stereocenters. The summed E-state index contributed by atoms with van der Waals surface area (Å²) in [6.07, 6.45) is 3.38. The molecule has 0 bridgehead atoms. The summed E-state index contributed by atoms with van der Waals surface area (Å²) >= 11 is 3.34. The van der Waals surface area contributed by atoms with Crippen LogP contribution in [0.25, 0.3) is 0 Å². The summed E-state index contributed by atoms with van der Waals surface area (Å²) in [6.45, 7) is 0.616. The van der Waals surface area contributed by atoms with Crippen molar-refractivity contribution < 1.29 is 0 Å². The largest absolute Gasteiger partial charge is 0.378 e.